The summed E-state index contributed by atoms with van der Waals surface area (Å²) >= 11 is 5.63. The van der Waals surface area contributed by atoms with Gasteiger partial charge in [-0.2, -0.15) is 0 Å². The highest BCUT2D eigenvalue weighted by Crippen LogP contribution is 2.15. The first-order chi connectivity index (χ1) is 9.69. The Balaban J connectivity index is 1.76. The molecule has 0 aromatic heterocycles. The van der Waals surface area contributed by atoms with Crippen LogP contribution in [0.1, 0.15) is 16.7 Å². The summed E-state index contributed by atoms with van der Waals surface area (Å²) < 4.78 is 13.2. The van der Waals surface area contributed by atoms with Crippen molar-refractivity contribution < 1.29 is 9.50 Å². The maximum absolute atomic E-state index is 13.2. The predicted molar refractivity (Wildman–Crippen MR) is 79.2 cm³/mol. The molecule has 0 saturated heterocycles. The van der Waals surface area contributed by atoms with E-state index in [4.69, 9.17) is 16.7 Å². The molecule has 4 heteroatoms. The van der Waals surface area contributed by atoms with Crippen LogP contribution in [-0.2, 0) is 19.6 Å². The summed E-state index contributed by atoms with van der Waals surface area (Å²) in [6.45, 7) is 1.49. The smallest absolute Gasteiger partial charge is 0.142 e. The lowest BCUT2D eigenvalue weighted by molar-refractivity contribution is 0.282. The highest BCUT2D eigenvalue weighted by molar-refractivity contribution is 6.30. The van der Waals surface area contributed by atoms with Gasteiger partial charge >= 0.3 is 0 Å². The van der Waals surface area contributed by atoms with Crippen molar-refractivity contribution in [3.05, 3.63) is 70.0 Å². The molecule has 2 N–H and O–H groups in total. The van der Waals surface area contributed by atoms with Gasteiger partial charge in [-0.25, -0.2) is 4.39 Å². The Bertz CT molecular complexity index is 557. The van der Waals surface area contributed by atoms with Gasteiger partial charge in [-0.3, -0.25) is 0 Å². The van der Waals surface area contributed by atoms with Gasteiger partial charge in [0, 0.05) is 6.54 Å². The first kappa shape index (κ1) is 15.0. The van der Waals surface area contributed by atoms with Crippen molar-refractivity contribution in [3.8, 4) is 0 Å². The third-order valence-corrected chi connectivity index (χ3v) is 3.42. The monoisotopic (exact) mass is 293 g/mol. The van der Waals surface area contributed by atoms with Gasteiger partial charge in [-0.1, -0.05) is 41.9 Å². The van der Waals surface area contributed by atoms with Crippen molar-refractivity contribution in [2.24, 2.45) is 0 Å². The zero-order valence-electron chi connectivity index (χ0n) is 11.1. The molecule has 0 spiro atoms. The molecule has 0 atom stereocenters. The Kier molecular flexibility index (Phi) is 5.53. The summed E-state index contributed by atoms with van der Waals surface area (Å²) in [6.07, 6.45) is 0.891. The van der Waals surface area contributed by atoms with Crippen LogP contribution in [0.4, 0.5) is 4.39 Å². The number of aliphatic hydroxyl groups excluding tert-OH is 1. The molecule has 0 bridgehead atoms. The van der Waals surface area contributed by atoms with Crippen molar-refractivity contribution in [2.45, 2.75) is 19.6 Å². The van der Waals surface area contributed by atoms with E-state index in [1.54, 1.807) is 6.07 Å². The average molecular weight is 294 g/mol. The molecule has 2 aromatic carbocycles. The van der Waals surface area contributed by atoms with E-state index in [1.807, 2.05) is 30.3 Å². The summed E-state index contributed by atoms with van der Waals surface area (Å²) in [7, 11) is 0. The molecule has 0 aliphatic rings. The van der Waals surface area contributed by atoms with Crippen LogP contribution in [0.15, 0.2) is 42.5 Å². The average Bonchev–Trinajstić information content (AvgIpc) is 2.48. The second-order valence-corrected chi connectivity index (χ2v) is 5.06. The lowest BCUT2D eigenvalue weighted by Gasteiger charge is -2.06. The van der Waals surface area contributed by atoms with Crippen LogP contribution < -0.4 is 5.32 Å². The van der Waals surface area contributed by atoms with Crippen LogP contribution in [0, 0.1) is 5.82 Å². The Labute approximate surface area is 123 Å². The van der Waals surface area contributed by atoms with Gasteiger partial charge in [0.15, 0.2) is 0 Å². The van der Waals surface area contributed by atoms with Gasteiger partial charge in [0.1, 0.15) is 5.82 Å². The second kappa shape index (κ2) is 7.39. The molecular weight excluding hydrogens is 277 g/mol. The fraction of sp³-hybridized carbons (Fsp3) is 0.250. The number of rotatable bonds is 6. The van der Waals surface area contributed by atoms with Crippen LogP contribution in [0.25, 0.3) is 0 Å². The molecule has 20 heavy (non-hydrogen) atoms. The van der Waals surface area contributed by atoms with Gasteiger partial charge in [-0.05, 0) is 41.8 Å². The highest BCUT2D eigenvalue weighted by atomic mass is 35.5. The summed E-state index contributed by atoms with van der Waals surface area (Å²) in [5.41, 5.74) is 3.00. The van der Waals surface area contributed by atoms with Gasteiger partial charge in [0.05, 0.1) is 11.6 Å². The van der Waals surface area contributed by atoms with E-state index in [0.29, 0.717) is 6.54 Å². The van der Waals surface area contributed by atoms with E-state index in [1.165, 1.54) is 11.6 Å². The van der Waals surface area contributed by atoms with E-state index >= 15 is 0 Å². The Morgan fingerprint density at radius 3 is 2.30 bits per heavy atom. The van der Waals surface area contributed by atoms with E-state index in [9.17, 15) is 4.39 Å². The molecule has 0 unspecified atom stereocenters. The SMILES string of the molecule is OCc1ccc(CCNCc2ccc(Cl)c(F)c2)cc1. The number of aliphatic hydroxyl groups is 1. The molecule has 0 saturated carbocycles. The van der Waals surface area contributed by atoms with Crippen molar-refractivity contribution in [1.82, 2.24) is 5.32 Å². The molecule has 0 radical (unpaired) electrons. The first-order valence-corrected chi connectivity index (χ1v) is 6.90. The molecule has 0 amide bonds. The van der Waals surface area contributed by atoms with Crippen molar-refractivity contribution in [3.63, 3.8) is 0 Å². The third kappa shape index (κ3) is 4.30. The predicted octanol–water partition coefficient (Wildman–Crippen LogP) is 3.30. The molecule has 0 heterocycles. The third-order valence-electron chi connectivity index (χ3n) is 3.11. The minimum atomic E-state index is -0.384. The van der Waals surface area contributed by atoms with E-state index < -0.39 is 0 Å². The van der Waals surface area contributed by atoms with E-state index in [2.05, 4.69) is 5.32 Å². The maximum Gasteiger partial charge on any atom is 0.142 e. The van der Waals surface area contributed by atoms with Crippen LogP contribution in [0.5, 0.6) is 0 Å². The topological polar surface area (TPSA) is 32.3 Å². The lowest BCUT2D eigenvalue weighted by atomic mass is 10.1. The standard InChI is InChI=1S/C16H17ClFNO/c17-15-6-5-14(9-16(15)18)10-19-8-7-12-1-3-13(11-20)4-2-12/h1-6,9,19-20H,7-8,10-11H2. The summed E-state index contributed by atoms with van der Waals surface area (Å²) in [4.78, 5) is 0. The minimum absolute atomic E-state index is 0.0701. The summed E-state index contributed by atoms with van der Waals surface area (Å²) in [5, 5.41) is 12.4. The molecule has 2 nitrogen and oxygen atoms in total. The molecule has 0 aliphatic carbocycles. The molecule has 2 rings (SSSR count). The fourth-order valence-electron chi connectivity index (χ4n) is 1.93. The second-order valence-electron chi connectivity index (χ2n) is 4.65. The Morgan fingerprint density at radius 2 is 1.65 bits per heavy atom. The minimum Gasteiger partial charge on any atom is -0.392 e. The summed E-state index contributed by atoms with van der Waals surface area (Å²) in [6, 6.07) is 12.7. The molecule has 0 fully saturated rings. The number of hydrogen-bond donors (Lipinski definition) is 2. The molecular formula is C16H17ClFNO. The normalized spacial score (nSPS) is 10.8. The molecule has 106 valence electrons. The van der Waals surface area contributed by atoms with Crippen molar-refractivity contribution in [2.75, 3.05) is 6.54 Å². The van der Waals surface area contributed by atoms with Crippen molar-refractivity contribution >= 4 is 11.6 Å². The molecule has 2 aromatic rings. The van der Waals surface area contributed by atoms with Crippen LogP contribution in [0.2, 0.25) is 5.02 Å². The number of nitrogens with one attached hydrogen (secondary N) is 1. The maximum atomic E-state index is 13.2. The van der Waals surface area contributed by atoms with Crippen LogP contribution >= 0.6 is 11.6 Å². The Morgan fingerprint density at radius 1 is 1.00 bits per heavy atom. The fourth-order valence-corrected chi connectivity index (χ4v) is 2.04. The zero-order valence-corrected chi connectivity index (χ0v) is 11.8. The summed E-state index contributed by atoms with van der Waals surface area (Å²) in [5.74, 6) is -0.384. The van der Waals surface area contributed by atoms with Gasteiger partial charge in [-0.15, -0.1) is 0 Å². The number of hydrogen-bond acceptors (Lipinski definition) is 2. The van der Waals surface area contributed by atoms with Crippen LogP contribution in [-0.4, -0.2) is 11.7 Å². The lowest BCUT2D eigenvalue weighted by Crippen LogP contribution is -2.16. The number of benzene rings is 2. The van der Waals surface area contributed by atoms with E-state index in [-0.39, 0.29) is 17.4 Å². The quantitative estimate of drug-likeness (QED) is 0.801. The zero-order chi connectivity index (χ0) is 14.4. The largest absolute Gasteiger partial charge is 0.392 e. The van der Waals surface area contributed by atoms with Crippen molar-refractivity contribution in [1.29, 1.82) is 0 Å². The van der Waals surface area contributed by atoms with Crippen LogP contribution in [0.3, 0.4) is 0 Å². The number of halogens is 2. The van der Waals surface area contributed by atoms with Gasteiger partial charge < -0.3 is 10.4 Å². The van der Waals surface area contributed by atoms with Gasteiger partial charge in [0.2, 0.25) is 0 Å². The van der Waals surface area contributed by atoms with E-state index in [0.717, 1.165) is 24.1 Å². The molecule has 0 aliphatic heterocycles. The highest BCUT2D eigenvalue weighted by Gasteiger charge is 2.00. The first-order valence-electron chi connectivity index (χ1n) is 6.52. The van der Waals surface area contributed by atoms with Gasteiger partial charge in [0.25, 0.3) is 0 Å². The Hall–Kier alpha value is -1.42.